The molecular formula is C16H30. The third-order valence-corrected chi connectivity index (χ3v) is 2.34. The van der Waals surface area contributed by atoms with Gasteiger partial charge in [-0.05, 0) is 25.7 Å². The number of allylic oxidation sites excluding steroid dienone is 3. The van der Waals surface area contributed by atoms with Gasteiger partial charge in [-0.2, -0.15) is 0 Å². The minimum atomic E-state index is 1.06. The predicted octanol–water partition coefficient (Wildman–Crippen LogP) is 6.06. The van der Waals surface area contributed by atoms with Gasteiger partial charge in [-0.15, -0.1) is 19.7 Å². The van der Waals surface area contributed by atoms with Crippen molar-refractivity contribution < 1.29 is 0 Å². The number of hydrogen-bond donors (Lipinski definition) is 0. The van der Waals surface area contributed by atoms with Crippen LogP contribution in [0.25, 0.3) is 0 Å². The molecule has 0 aromatic heterocycles. The van der Waals surface area contributed by atoms with Gasteiger partial charge in [-0.3, -0.25) is 0 Å². The van der Waals surface area contributed by atoms with E-state index >= 15 is 0 Å². The Labute approximate surface area is 103 Å². The van der Waals surface area contributed by atoms with Crippen molar-refractivity contribution in [2.24, 2.45) is 0 Å². The molecule has 0 aliphatic carbocycles. The minimum Gasteiger partial charge on any atom is -0.103 e. The number of hydrogen-bond acceptors (Lipinski definition) is 0. The minimum absolute atomic E-state index is 1.06. The largest absolute Gasteiger partial charge is 0.103 e. The topological polar surface area (TPSA) is 0 Å². The van der Waals surface area contributed by atoms with Gasteiger partial charge in [-0.25, -0.2) is 0 Å². The highest BCUT2D eigenvalue weighted by Gasteiger charge is 1.86. The van der Waals surface area contributed by atoms with Crippen LogP contribution in [0.2, 0.25) is 0 Å². The first kappa shape index (κ1) is 17.6. The van der Waals surface area contributed by atoms with Crippen molar-refractivity contribution in [3.05, 3.63) is 38.0 Å². The third kappa shape index (κ3) is 23.2. The summed E-state index contributed by atoms with van der Waals surface area (Å²) in [5.74, 6) is 0. The standard InChI is InChI=1S/C10H20.C6H10/c1-3-5-7-9-10-8-6-4-2;1-3-5-6-4-2/h3H,1,4-10H2,2H3;3-4H,1-2,5-6H2. The molecule has 0 atom stereocenters. The summed E-state index contributed by atoms with van der Waals surface area (Å²) in [7, 11) is 0. The van der Waals surface area contributed by atoms with Gasteiger partial charge in [0.05, 0.1) is 0 Å². The maximum atomic E-state index is 3.69. The first-order chi connectivity index (χ1) is 7.83. The van der Waals surface area contributed by atoms with Crippen molar-refractivity contribution >= 4 is 0 Å². The second kappa shape index (κ2) is 19.7. The van der Waals surface area contributed by atoms with Crippen molar-refractivity contribution in [1.82, 2.24) is 0 Å². The fourth-order valence-electron chi connectivity index (χ4n) is 1.30. The maximum Gasteiger partial charge on any atom is -0.0319 e. The van der Waals surface area contributed by atoms with Crippen LogP contribution in [0, 0.1) is 0 Å². The lowest BCUT2D eigenvalue weighted by molar-refractivity contribution is 0.611. The first-order valence-corrected chi connectivity index (χ1v) is 6.66. The Balaban J connectivity index is 0. The average Bonchev–Trinajstić information content (AvgIpc) is 2.32. The Morgan fingerprint density at radius 1 is 0.625 bits per heavy atom. The van der Waals surface area contributed by atoms with E-state index in [9.17, 15) is 0 Å². The highest BCUT2D eigenvalue weighted by molar-refractivity contribution is 4.74. The zero-order valence-corrected chi connectivity index (χ0v) is 11.2. The van der Waals surface area contributed by atoms with Gasteiger partial charge in [0.15, 0.2) is 0 Å². The molecule has 0 saturated carbocycles. The Morgan fingerprint density at radius 3 is 1.50 bits per heavy atom. The average molecular weight is 222 g/mol. The molecule has 0 heteroatoms. The molecule has 0 spiro atoms. The summed E-state index contributed by atoms with van der Waals surface area (Å²) in [6.45, 7) is 13.0. The molecule has 0 nitrogen and oxygen atoms in total. The zero-order chi connectivity index (χ0) is 12.5. The van der Waals surface area contributed by atoms with Crippen LogP contribution < -0.4 is 0 Å². The second-order valence-corrected chi connectivity index (χ2v) is 4.00. The normalized spacial score (nSPS) is 8.81. The van der Waals surface area contributed by atoms with Gasteiger partial charge in [0.1, 0.15) is 0 Å². The lowest BCUT2D eigenvalue weighted by Gasteiger charge is -1.96. The number of rotatable bonds is 10. The smallest absolute Gasteiger partial charge is 0.0319 e. The van der Waals surface area contributed by atoms with Crippen LogP contribution in [0.1, 0.15) is 64.7 Å². The summed E-state index contributed by atoms with van der Waals surface area (Å²) < 4.78 is 0. The molecule has 0 unspecified atom stereocenters. The molecule has 0 aromatic rings. The van der Waals surface area contributed by atoms with Crippen LogP contribution in [0.3, 0.4) is 0 Å². The fourth-order valence-corrected chi connectivity index (χ4v) is 1.30. The summed E-state index contributed by atoms with van der Waals surface area (Å²) in [5, 5.41) is 0. The Bertz CT molecular complexity index is 136. The van der Waals surface area contributed by atoms with E-state index in [0.717, 1.165) is 12.8 Å². The molecule has 0 heterocycles. The monoisotopic (exact) mass is 222 g/mol. The van der Waals surface area contributed by atoms with E-state index in [-0.39, 0.29) is 0 Å². The van der Waals surface area contributed by atoms with Gasteiger partial charge in [0, 0.05) is 0 Å². The molecular weight excluding hydrogens is 192 g/mol. The van der Waals surface area contributed by atoms with E-state index < -0.39 is 0 Å². The van der Waals surface area contributed by atoms with Crippen molar-refractivity contribution in [2.75, 3.05) is 0 Å². The summed E-state index contributed by atoms with van der Waals surface area (Å²) >= 11 is 0. The molecule has 0 N–H and O–H groups in total. The lowest BCUT2D eigenvalue weighted by Crippen LogP contribution is -1.76. The molecule has 0 amide bonds. The summed E-state index contributed by atoms with van der Waals surface area (Å²) in [5.41, 5.74) is 0. The Hall–Kier alpha value is -0.780. The van der Waals surface area contributed by atoms with Gasteiger partial charge < -0.3 is 0 Å². The van der Waals surface area contributed by atoms with E-state index in [1.54, 1.807) is 0 Å². The van der Waals surface area contributed by atoms with E-state index in [2.05, 4.69) is 26.7 Å². The first-order valence-electron chi connectivity index (χ1n) is 6.66. The van der Waals surface area contributed by atoms with Gasteiger partial charge in [0.2, 0.25) is 0 Å². The fraction of sp³-hybridized carbons (Fsp3) is 0.625. The Morgan fingerprint density at radius 2 is 1.06 bits per heavy atom. The van der Waals surface area contributed by atoms with E-state index in [0.29, 0.717) is 0 Å². The molecule has 0 aliphatic heterocycles. The second-order valence-electron chi connectivity index (χ2n) is 4.00. The van der Waals surface area contributed by atoms with Crippen LogP contribution in [0.4, 0.5) is 0 Å². The van der Waals surface area contributed by atoms with Gasteiger partial charge in [-0.1, -0.05) is 57.3 Å². The van der Waals surface area contributed by atoms with E-state index in [1.807, 2.05) is 18.2 Å². The lowest BCUT2D eigenvalue weighted by atomic mass is 10.1. The van der Waals surface area contributed by atoms with Crippen LogP contribution in [-0.2, 0) is 0 Å². The summed E-state index contributed by atoms with van der Waals surface area (Å²) in [6, 6.07) is 0. The molecule has 0 aromatic carbocycles. The molecule has 0 rings (SSSR count). The van der Waals surface area contributed by atoms with Crippen molar-refractivity contribution in [3.63, 3.8) is 0 Å². The maximum absolute atomic E-state index is 3.69. The quantitative estimate of drug-likeness (QED) is 0.311. The SMILES string of the molecule is C=CCCC=C.C=CCCCCCCCC. The molecule has 0 saturated heterocycles. The molecule has 0 radical (unpaired) electrons. The van der Waals surface area contributed by atoms with Crippen LogP contribution in [0.5, 0.6) is 0 Å². The molecule has 0 bridgehead atoms. The third-order valence-electron chi connectivity index (χ3n) is 2.34. The van der Waals surface area contributed by atoms with Gasteiger partial charge in [0.25, 0.3) is 0 Å². The summed E-state index contributed by atoms with van der Waals surface area (Å²) in [6.07, 6.45) is 17.5. The Kier molecular flexibility index (Phi) is 21.7. The highest BCUT2D eigenvalue weighted by Crippen LogP contribution is 2.06. The van der Waals surface area contributed by atoms with Crippen LogP contribution >= 0.6 is 0 Å². The summed E-state index contributed by atoms with van der Waals surface area (Å²) in [4.78, 5) is 0. The van der Waals surface area contributed by atoms with Crippen molar-refractivity contribution in [2.45, 2.75) is 64.7 Å². The zero-order valence-electron chi connectivity index (χ0n) is 11.2. The predicted molar refractivity (Wildman–Crippen MR) is 77.8 cm³/mol. The van der Waals surface area contributed by atoms with Crippen LogP contribution in [0.15, 0.2) is 38.0 Å². The number of unbranched alkanes of at least 4 members (excludes halogenated alkanes) is 7. The molecule has 16 heavy (non-hydrogen) atoms. The van der Waals surface area contributed by atoms with E-state index in [1.165, 1.54) is 44.9 Å². The highest BCUT2D eigenvalue weighted by atomic mass is 13.9. The van der Waals surface area contributed by atoms with Crippen molar-refractivity contribution in [1.29, 1.82) is 0 Å². The van der Waals surface area contributed by atoms with Crippen LogP contribution in [-0.4, -0.2) is 0 Å². The molecule has 0 aliphatic rings. The molecule has 0 fully saturated rings. The van der Waals surface area contributed by atoms with Gasteiger partial charge >= 0.3 is 0 Å². The van der Waals surface area contributed by atoms with Crippen molar-refractivity contribution in [3.8, 4) is 0 Å². The molecule has 94 valence electrons. The van der Waals surface area contributed by atoms with E-state index in [4.69, 9.17) is 0 Å².